The summed E-state index contributed by atoms with van der Waals surface area (Å²) in [5.41, 5.74) is 1.95. The molecule has 5 heteroatoms. The highest BCUT2D eigenvalue weighted by molar-refractivity contribution is 5.97. The highest BCUT2D eigenvalue weighted by Crippen LogP contribution is 2.23. The summed E-state index contributed by atoms with van der Waals surface area (Å²) in [6.07, 6.45) is 7.34. The largest absolute Gasteiger partial charge is 0.371 e. The maximum atomic E-state index is 12.7. The quantitative estimate of drug-likeness (QED) is 0.661. The van der Waals surface area contributed by atoms with Crippen molar-refractivity contribution < 1.29 is 9.59 Å². The van der Waals surface area contributed by atoms with Gasteiger partial charge in [0.1, 0.15) is 6.04 Å². The van der Waals surface area contributed by atoms with Crippen molar-refractivity contribution in [3.63, 3.8) is 0 Å². The second-order valence-corrected chi connectivity index (χ2v) is 7.10. The number of hydrogen-bond acceptors (Lipinski definition) is 3. The van der Waals surface area contributed by atoms with Crippen LogP contribution in [0.2, 0.25) is 0 Å². The molecular formula is C21H33N3O2. The van der Waals surface area contributed by atoms with Crippen LogP contribution in [0.15, 0.2) is 24.3 Å². The maximum Gasteiger partial charge on any atom is 0.246 e. The molecule has 2 amide bonds. The highest BCUT2D eigenvalue weighted by atomic mass is 16.2. The predicted molar refractivity (Wildman–Crippen MR) is 107 cm³/mol. The third kappa shape index (κ3) is 6.36. The lowest BCUT2D eigenvalue weighted by molar-refractivity contribution is -0.126. The van der Waals surface area contributed by atoms with Gasteiger partial charge in [-0.25, -0.2) is 0 Å². The summed E-state index contributed by atoms with van der Waals surface area (Å²) in [5, 5.41) is 5.91. The van der Waals surface area contributed by atoms with E-state index in [1.165, 1.54) is 12.8 Å². The van der Waals surface area contributed by atoms with E-state index in [4.69, 9.17) is 0 Å². The van der Waals surface area contributed by atoms with Crippen LogP contribution in [0, 0.1) is 0 Å². The van der Waals surface area contributed by atoms with Crippen LogP contribution in [0.25, 0.3) is 0 Å². The van der Waals surface area contributed by atoms with E-state index in [1.54, 1.807) is 0 Å². The van der Waals surface area contributed by atoms with Crippen LogP contribution < -0.4 is 15.5 Å². The highest BCUT2D eigenvalue weighted by Gasteiger charge is 2.20. The number of rotatable bonds is 10. The monoisotopic (exact) mass is 359 g/mol. The summed E-state index contributed by atoms with van der Waals surface area (Å²) >= 11 is 0. The van der Waals surface area contributed by atoms with Gasteiger partial charge in [0.05, 0.1) is 0 Å². The molecule has 0 saturated carbocycles. The smallest absolute Gasteiger partial charge is 0.246 e. The lowest BCUT2D eigenvalue weighted by Crippen LogP contribution is -2.43. The Kier molecular flexibility index (Phi) is 8.45. The Balaban J connectivity index is 1.98. The molecule has 1 aliphatic heterocycles. The van der Waals surface area contributed by atoms with E-state index < -0.39 is 6.04 Å². The van der Waals surface area contributed by atoms with Gasteiger partial charge < -0.3 is 15.5 Å². The van der Waals surface area contributed by atoms with E-state index >= 15 is 0 Å². The molecular weight excluding hydrogens is 326 g/mol. The zero-order chi connectivity index (χ0) is 18.8. The number of carbonyl (C=O) groups is 2. The normalized spacial score (nSPS) is 14.9. The maximum absolute atomic E-state index is 12.7. The van der Waals surface area contributed by atoms with Crippen LogP contribution in [-0.2, 0) is 9.59 Å². The average molecular weight is 360 g/mol. The number of unbranched alkanes of at least 4 members (excludes halogenated alkanes) is 2. The predicted octanol–water partition coefficient (Wildman–Crippen LogP) is 4.09. The Bertz CT molecular complexity index is 582. The molecule has 2 rings (SSSR count). The molecule has 1 heterocycles. The minimum Gasteiger partial charge on any atom is -0.371 e. The molecule has 0 radical (unpaired) electrons. The Morgan fingerprint density at radius 1 is 1.12 bits per heavy atom. The number of benzene rings is 1. The van der Waals surface area contributed by atoms with E-state index in [1.807, 2.05) is 18.2 Å². The van der Waals surface area contributed by atoms with Crippen LogP contribution >= 0.6 is 0 Å². The summed E-state index contributed by atoms with van der Waals surface area (Å²) in [4.78, 5) is 27.1. The Morgan fingerprint density at radius 3 is 2.54 bits per heavy atom. The van der Waals surface area contributed by atoms with Gasteiger partial charge in [-0.1, -0.05) is 39.2 Å². The van der Waals surface area contributed by atoms with E-state index in [2.05, 4.69) is 35.4 Å². The third-order valence-electron chi connectivity index (χ3n) is 4.84. The molecule has 0 aromatic heterocycles. The van der Waals surface area contributed by atoms with E-state index in [0.29, 0.717) is 12.8 Å². The number of carbonyl (C=O) groups excluding carboxylic acids is 2. The van der Waals surface area contributed by atoms with Gasteiger partial charge in [-0.05, 0) is 43.9 Å². The molecule has 1 aliphatic rings. The second-order valence-electron chi connectivity index (χ2n) is 7.10. The summed E-state index contributed by atoms with van der Waals surface area (Å²) in [6.45, 7) is 6.29. The van der Waals surface area contributed by atoms with Crippen LogP contribution in [0.3, 0.4) is 0 Å². The summed E-state index contributed by atoms with van der Waals surface area (Å²) in [6, 6.07) is 7.54. The van der Waals surface area contributed by atoms with Gasteiger partial charge in [0.25, 0.3) is 0 Å². The Hall–Kier alpha value is -2.04. The molecule has 1 atom stereocenters. The summed E-state index contributed by atoms with van der Waals surface area (Å²) in [7, 11) is 0. The van der Waals surface area contributed by atoms with Crippen molar-refractivity contribution in [3.8, 4) is 0 Å². The number of amides is 2. The van der Waals surface area contributed by atoms with Gasteiger partial charge in [0, 0.05) is 30.9 Å². The lowest BCUT2D eigenvalue weighted by atomic mass is 10.1. The zero-order valence-electron chi connectivity index (χ0n) is 16.2. The average Bonchev–Trinajstić information content (AvgIpc) is 3.18. The van der Waals surface area contributed by atoms with Crippen LogP contribution in [0.5, 0.6) is 0 Å². The van der Waals surface area contributed by atoms with Gasteiger partial charge in [-0.3, -0.25) is 9.59 Å². The Morgan fingerprint density at radius 2 is 1.85 bits per heavy atom. The zero-order valence-corrected chi connectivity index (χ0v) is 16.2. The van der Waals surface area contributed by atoms with Gasteiger partial charge in [-0.2, -0.15) is 0 Å². The topological polar surface area (TPSA) is 61.4 Å². The van der Waals surface area contributed by atoms with Crippen molar-refractivity contribution in [2.75, 3.05) is 23.3 Å². The SMILES string of the molecule is CCCCC(=O)NC(CCCC)C(=O)Nc1cccc(N2CCCC2)c1. The molecule has 1 aromatic rings. The van der Waals surface area contributed by atoms with Crippen LogP contribution in [0.1, 0.15) is 65.2 Å². The molecule has 26 heavy (non-hydrogen) atoms. The first kappa shape index (κ1) is 20.3. The van der Waals surface area contributed by atoms with Gasteiger partial charge in [0.2, 0.25) is 11.8 Å². The molecule has 0 bridgehead atoms. The lowest BCUT2D eigenvalue weighted by Gasteiger charge is -2.20. The van der Waals surface area contributed by atoms with Crippen molar-refractivity contribution >= 4 is 23.2 Å². The van der Waals surface area contributed by atoms with Crippen molar-refractivity contribution in [2.24, 2.45) is 0 Å². The molecule has 0 aliphatic carbocycles. The first-order chi connectivity index (χ1) is 12.6. The molecule has 1 aromatic carbocycles. The molecule has 1 unspecified atom stereocenters. The van der Waals surface area contributed by atoms with Crippen molar-refractivity contribution in [2.45, 2.75) is 71.3 Å². The van der Waals surface area contributed by atoms with Gasteiger partial charge in [0.15, 0.2) is 0 Å². The van der Waals surface area contributed by atoms with Gasteiger partial charge in [-0.15, -0.1) is 0 Å². The first-order valence-corrected chi connectivity index (χ1v) is 10.1. The molecule has 0 spiro atoms. The molecule has 1 saturated heterocycles. The minimum absolute atomic E-state index is 0.0334. The molecule has 5 nitrogen and oxygen atoms in total. The van der Waals surface area contributed by atoms with Crippen molar-refractivity contribution in [1.29, 1.82) is 0 Å². The summed E-state index contributed by atoms with van der Waals surface area (Å²) in [5.74, 6) is -0.157. The number of nitrogens with zero attached hydrogens (tertiary/aromatic N) is 1. The van der Waals surface area contributed by atoms with E-state index in [-0.39, 0.29) is 11.8 Å². The van der Waals surface area contributed by atoms with Crippen LogP contribution in [0.4, 0.5) is 11.4 Å². The fraction of sp³-hybridized carbons (Fsp3) is 0.619. The molecule has 1 fully saturated rings. The fourth-order valence-electron chi connectivity index (χ4n) is 3.27. The molecule has 2 N–H and O–H groups in total. The number of hydrogen-bond donors (Lipinski definition) is 2. The molecule has 144 valence electrons. The van der Waals surface area contributed by atoms with Crippen molar-refractivity contribution in [1.82, 2.24) is 5.32 Å². The van der Waals surface area contributed by atoms with Crippen LogP contribution in [-0.4, -0.2) is 30.9 Å². The van der Waals surface area contributed by atoms with E-state index in [9.17, 15) is 9.59 Å². The number of anilines is 2. The standard InChI is InChI=1S/C21H33N3O2/c1-3-5-12-19(23-20(25)13-6-4-2)21(26)22-17-10-9-11-18(16-17)24-14-7-8-15-24/h9-11,16,19H,3-8,12-15H2,1-2H3,(H,22,26)(H,23,25). The van der Waals surface area contributed by atoms with Gasteiger partial charge >= 0.3 is 0 Å². The van der Waals surface area contributed by atoms with E-state index in [0.717, 1.165) is 50.1 Å². The third-order valence-corrected chi connectivity index (χ3v) is 4.84. The summed E-state index contributed by atoms with van der Waals surface area (Å²) < 4.78 is 0. The fourth-order valence-corrected chi connectivity index (χ4v) is 3.27. The Labute approximate surface area is 157 Å². The minimum atomic E-state index is -0.463. The first-order valence-electron chi connectivity index (χ1n) is 10.1. The number of nitrogens with one attached hydrogen (secondary N) is 2. The van der Waals surface area contributed by atoms with Crippen molar-refractivity contribution in [3.05, 3.63) is 24.3 Å². The second kappa shape index (κ2) is 10.8.